The standard InChI is InChI=1S/C13H15NO/c1-9(2)15-13-12-8-10(3)4-5-11(12)6-7-14-13/h4-9H,1-3H3. The highest BCUT2D eigenvalue weighted by Gasteiger charge is 2.05. The lowest BCUT2D eigenvalue weighted by molar-refractivity contribution is 0.236. The van der Waals surface area contributed by atoms with Crippen LogP contribution >= 0.6 is 0 Å². The molecule has 0 spiro atoms. The number of rotatable bonds is 2. The molecule has 0 N–H and O–H groups in total. The van der Waals surface area contributed by atoms with Crippen LogP contribution in [-0.2, 0) is 0 Å². The molecule has 0 unspecified atom stereocenters. The predicted octanol–water partition coefficient (Wildman–Crippen LogP) is 3.33. The molecular weight excluding hydrogens is 186 g/mol. The van der Waals surface area contributed by atoms with Crippen molar-refractivity contribution >= 4 is 10.8 Å². The zero-order valence-corrected chi connectivity index (χ0v) is 9.32. The van der Waals surface area contributed by atoms with Gasteiger partial charge < -0.3 is 4.74 Å². The molecule has 0 atom stereocenters. The minimum atomic E-state index is 0.156. The van der Waals surface area contributed by atoms with E-state index in [4.69, 9.17) is 4.74 Å². The number of ether oxygens (including phenoxy) is 1. The lowest BCUT2D eigenvalue weighted by Crippen LogP contribution is -2.07. The van der Waals surface area contributed by atoms with Gasteiger partial charge in [0.2, 0.25) is 5.88 Å². The summed E-state index contributed by atoms with van der Waals surface area (Å²) < 4.78 is 5.67. The lowest BCUT2D eigenvalue weighted by Gasteiger charge is -2.11. The van der Waals surface area contributed by atoms with Crippen molar-refractivity contribution in [3.05, 3.63) is 36.0 Å². The maximum Gasteiger partial charge on any atom is 0.221 e. The van der Waals surface area contributed by atoms with Crippen LogP contribution in [0.2, 0.25) is 0 Å². The smallest absolute Gasteiger partial charge is 0.221 e. The first-order valence-electron chi connectivity index (χ1n) is 5.19. The summed E-state index contributed by atoms with van der Waals surface area (Å²) in [4.78, 5) is 4.27. The zero-order chi connectivity index (χ0) is 10.8. The highest BCUT2D eigenvalue weighted by Crippen LogP contribution is 2.24. The summed E-state index contributed by atoms with van der Waals surface area (Å²) in [6.45, 7) is 6.10. The van der Waals surface area contributed by atoms with E-state index in [-0.39, 0.29) is 6.10 Å². The monoisotopic (exact) mass is 201 g/mol. The van der Waals surface area contributed by atoms with Crippen LogP contribution in [0.1, 0.15) is 19.4 Å². The summed E-state index contributed by atoms with van der Waals surface area (Å²) >= 11 is 0. The van der Waals surface area contributed by atoms with Gasteiger partial charge in [0.25, 0.3) is 0 Å². The average Bonchev–Trinajstić information content (AvgIpc) is 2.18. The fraction of sp³-hybridized carbons (Fsp3) is 0.308. The van der Waals surface area contributed by atoms with E-state index < -0.39 is 0 Å². The van der Waals surface area contributed by atoms with Crippen molar-refractivity contribution in [2.75, 3.05) is 0 Å². The largest absolute Gasteiger partial charge is 0.475 e. The first kappa shape index (κ1) is 9.97. The van der Waals surface area contributed by atoms with E-state index in [0.717, 1.165) is 11.3 Å². The molecule has 15 heavy (non-hydrogen) atoms. The highest BCUT2D eigenvalue weighted by atomic mass is 16.5. The predicted molar refractivity (Wildman–Crippen MR) is 62.2 cm³/mol. The maximum absolute atomic E-state index is 5.67. The fourth-order valence-electron chi connectivity index (χ4n) is 1.57. The van der Waals surface area contributed by atoms with Crippen molar-refractivity contribution in [3.8, 4) is 5.88 Å². The van der Waals surface area contributed by atoms with Crippen LogP contribution in [0.4, 0.5) is 0 Å². The summed E-state index contributed by atoms with van der Waals surface area (Å²) in [7, 11) is 0. The van der Waals surface area contributed by atoms with E-state index in [9.17, 15) is 0 Å². The maximum atomic E-state index is 5.67. The number of pyridine rings is 1. The van der Waals surface area contributed by atoms with Gasteiger partial charge in [-0.05, 0) is 38.3 Å². The van der Waals surface area contributed by atoms with E-state index in [1.807, 2.05) is 19.9 Å². The molecule has 2 heteroatoms. The molecule has 0 aliphatic rings. The second-order valence-electron chi connectivity index (χ2n) is 4.01. The summed E-state index contributed by atoms with van der Waals surface area (Å²) in [6.07, 6.45) is 1.94. The average molecular weight is 201 g/mol. The van der Waals surface area contributed by atoms with Crippen LogP contribution in [-0.4, -0.2) is 11.1 Å². The van der Waals surface area contributed by atoms with Crippen molar-refractivity contribution in [1.82, 2.24) is 4.98 Å². The number of hydrogen-bond acceptors (Lipinski definition) is 2. The number of benzene rings is 1. The highest BCUT2D eigenvalue weighted by molar-refractivity contribution is 5.87. The molecule has 0 saturated heterocycles. The Hall–Kier alpha value is -1.57. The molecule has 2 rings (SSSR count). The minimum Gasteiger partial charge on any atom is -0.475 e. The molecule has 1 aromatic heterocycles. The molecule has 1 aromatic carbocycles. The van der Waals surface area contributed by atoms with E-state index >= 15 is 0 Å². The summed E-state index contributed by atoms with van der Waals surface area (Å²) in [5, 5.41) is 2.26. The van der Waals surface area contributed by atoms with Crippen molar-refractivity contribution in [3.63, 3.8) is 0 Å². The van der Waals surface area contributed by atoms with Gasteiger partial charge in [0.05, 0.1) is 6.10 Å². The minimum absolute atomic E-state index is 0.156. The van der Waals surface area contributed by atoms with Gasteiger partial charge in [-0.15, -0.1) is 0 Å². The molecule has 78 valence electrons. The Morgan fingerprint density at radius 2 is 2.00 bits per heavy atom. The Kier molecular flexibility index (Phi) is 2.58. The third-order valence-electron chi connectivity index (χ3n) is 2.23. The van der Waals surface area contributed by atoms with Gasteiger partial charge in [-0.1, -0.05) is 17.7 Å². The van der Waals surface area contributed by atoms with Crippen molar-refractivity contribution in [2.45, 2.75) is 26.9 Å². The molecule has 0 fully saturated rings. The van der Waals surface area contributed by atoms with Gasteiger partial charge in [-0.25, -0.2) is 4.98 Å². The Morgan fingerprint density at radius 1 is 1.20 bits per heavy atom. The molecule has 2 aromatic rings. The molecule has 0 aliphatic heterocycles. The second-order valence-corrected chi connectivity index (χ2v) is 4.01. The van der Waals surface area contributed by atoms with E-state index in [0.29, 0.717) is 0 Å². The third kappa shape index (κ3) is 2.09. The van der Waals surface area contributed by atoms with Gasteiger partial charge in [0, 0.05) is 11.6 Å². The molecular formula is C13H15NO. The molecule has 2 nitrogen and oxygen atoms in total. The van der Waals surface area contributed by atoms with E-state index in [2.05, 4.69) is 30.1 Å². The van der Waals surface area contributed by atoms with Crippen molar-refractivity contribution in [1.29, 1.82) is 0 Å². The fourth-order valence-corrected chi connectivity index (χ4v) is 1.57. The van der Waals surface area contributed by atoms with Crippen LogP contribution < -0.4 is 4.74 Å². The van der Waals surface area contributed by atoms with Gasteiger partial charge in [-0.3, -0.25) is 0 Å². The normalized spacial score (nSPS) is 10.9. The summed E-state index contributed by atoms with van der Waals surface area (Å²) in [5.74, 6) is 0.728. The van der Waals surface area contributed by atoms with Crippen molar-refractivity contribution < 1.29 is 4.74 Å². The van der Waals surface area contributed by atoms with Crippen LogP contribution in [0, 0.1) is 6.92 Å². The Labute approximate surface area is 89.9 Å². The molecule has 0 amide bonds. The Morgan fingerprint density at radius 3 is 2.73 bits per heavy atom. The van der Waals surface area contributed by atoms with Crippen molar-refractivity contribution in [2.24, 2.45) is 0 Å². The second kappa shape index (κ2) is 3.89. The zero-order valence-electron chi connectivity index (χ0n) is 9.32. The molecule has 0 radical (unpaired) electrons. The number of nitrogens with zero attached hydrogens (tertiary/aromatic N) is 1. The topological polar surface area (TPSA) is 22.1 Å². The number of aryl methyl sites for hydroxylation is 1. The Balaban J connectivity index is 2.58. The molecule has 1 heterocycles. The molecule has 0 saturated carbocycles. The van der Waals surface area contributed by atoms with Crippen LogP contribution in [0.25, 0.3) is 10.8 Å². The van der Waals surface area contributed by atoms with E-state index in [1.165, 1.54) is 10.9 Å². The van der Waals surface area contributed by atoms with Gasteiger partial charge in [0.15, 0.2) is 0 Å². The molecule has 0 bridgehead atoms. The van der Waals surface area contributed by atoms with Gasteiger partial charge in [-0.2, -0.15) is 0 Å². The quantitative estimate of drug-likeness (QED) is 0.743. The van der Waals surface area contributed by atoms with Crippen LogP contribution in [0.3, 0.4) is 0 Å². The van der Waals surface area contributed by atoms with Crippen LogP contribution in [0.5, 0.6) is 5.88 Å². The molecule has 0 aliphatic carbocycles. The Bertz CT molecular complexity index is 477. The lowest BCUT2D eigenvalue weighted by atomic mass is 10.1. The summed E-state index contributed by atoms with van der Waals surface area (Å²) in [6, 6.07) is 8.31. The van der Waals surface area contributed by atoms with Gasteiger partial charge >= 0.3 is 0 Å². The number of aromatic nitrogens is 1. The van der Waals surface area contributed by atoms with E-state index in [1.54, 1.807) is 6.20 Å². The SMILES string of the molecule is Cc1ccc2ccnc(OC(C)C)c2c1. The summed E-state index contributed by atoms with van der Waals surface area (Å²) in [5.41, 5.74) is 1.23. The first-order chi connectivity index (χ1) is 7.16. The van der Waals surface area contributed by atoms with Crippen LogP contribution in [0.15, 0.2) is 30.5 Å². The first-order valence-corrected chi connectivity index (χ1v) is 5.19. The van der Waals surface area contributed by atoms with Gasteiger partial charge in [0.1, 0.15) is 0 Å². The third-order valence-corrected chi connectivity index (χ3v) is 2.23. The number of hydrogen-bond donors (Lipinski definition) is 0. The number of fused-ring (bicyclic) bond motifs is 1.